The van der Waals surface area contributed by atoms with E-state index in [9.17, 15) is 14.4 Å². The van der Waals surface area contributed by atoms with E-state index in [-0.39, 0.29) is 31.6 Å². The maximum atomic E-state index is 13.0. The van der Waals surface area contributed by atoms with Crippen molar-refractivity contribution < 1.29 is 19.1 Å². The average Bonchev–Trinajstić information content (AvgIpc) is 2.71. The first-order valence-electron chi connectivity index (χ1n) is 9.45. The summed E-state index contributed by atoms with van der Waals surface area (Å²) >= 11 is 0. The van der Waals surface area contributed by atoms with Gasteiger partial charge in [-0.2, -0.15) is 5.10 Å². The Morgan fingerprint density at radius 1 is 1.29 bits per heavy atom. The van der Waals surface area contributed by atoms with Crippen molar-refractivity contribution in [3.05, 3.63) is 11.3 Å². The molecule has 2 heterocycles. The molecule has 0 saturated carbocycles. The second kappa shape index (κ2) is 8.20. The van der Waals surface area contributed by atoms with Crippen LogP contribution >= 0.6 is 0 Å². The first kappa shape index (κ1) is 21.7. The number of ether oxygens (including phenoxy) is 1. The van der Waals surface area contributed by atoms with E-state index in [0.29, 0.717) is 18.5 Å². The smallest absolute Gasteiger partial charge is 0.410 e. The van der Waals surface area contributed by atoms with Gasteiger partial charge in [-0.25, -0.2) is 4.79 Å². The maximum absolute atomic E-state index is 13.0. The lowest BCUT2D eigenvalue weighted by Crippen LogP contribution is -2.46. The number of carbonyl (C=O) groups excluding carboxylic acids is 3. The Bertz CT molecular complexity index is 697. The number of primary amides is 1. The van der Waals surface area contributed by atoms with Crippen LogP contribution < -0.4 is 5.73 Å². The molecule has 2 saturated heterocycles. The van der Waals surface area contributed by atoms with Crippen LogP contribution in [0, 0.1) is 5.92 Å². The Kier molecular flexibility index (Phi) is 6.36. The standard InChI is InChI=1S/C19H31N5O4/c1-12-7-8-13(10-23(12)18(27)28-19(2,3)4)15-17(26)22(6)9-14(16(20)25)11-24(15)21-5/h12,14H,5,7-11H2,1-4,6H3,(H2,20,25)/b15-13+. The van der Waals surface area contributed by atoms with Crippen LogP contribution in [-0.2, 0) is 14.3 Å². The third kappa shape index (κ3) is 4.82. The third-order valence-corrected chi connectivity index (χ3v) is 4.99. The topological polar surface area (TPSA) is 109 Å². The van der Waals surface area contributed by atoms with Gasteiger partial charge < -0.3 is 20.3 Å². The van der Waals surface area contributed by atoms with Crippen LogP contribution in [-0.4, -0.2) is 77.8 Å². The van der Waals surface area contributed by atoms with E-state index in [2.05, 4.69) is 11.8 Å². The molecule has 2 aliphatic rings. The van der Waals surface area contributed by atoms with Crippen molar-refractivity contribution in [3.8, 4) is 0 Å². The molecule has 0 spiro atoms. The molecule has 9 nitrogen and oxygen atoms in total. The summed E-state index contributed by atoms with van der Waals surface area (Å²) in [6, 6.07) is -0.0127. The molecule has 0 aromatic carbocycles. The van der Waals surface area contributed by atoms with Crippen molar-refractivity contribution in [1.82, 2.24) is 14.8 Å². The Balaban J connectivity index is 2.39. The highest BCUT2D eigenvalue weighted by atomic mass is 16.6. The van der Waals surface area contributed by atoms with Gasteiger partial charge in [-0.15, -0.1) is 0 Å². The lowest BCUT2D eigenvalue weighted by Gasteiger charge is -2.37. The lowest BCUT2D eigenvalue weighted by molar-refractivity contribution is -0.127. The predicted octanol–water partition coefficient (Wildman–Crippen LogP) is 1.15. The summed E-state index contributed by atoms with van der Waals surface area (Å²) in [5.41, 5.74) is 6.00. The van der Waals surface area contributed by atoms with Gasteiger partial charge in [0.15, 0.2) is 0 Å². The Labute approximate surface area is 166 Å². The minimum Gasteiger partial charge on any atom is -0.444 e. The van der Waals surface area contributed by atoms with E-state index in [1.54, 1.807) is 11.9 Å². The van der Waals surface area contributed by atoms with E-state index >= 15 is 0 Å². The van der Waals surface area contributed by atoms with E-state index in [1.807, 2.05) is 27.7 Å². The van der Waals surface area contributed by atoms with Gasteiger partial charge >= 0.3 is 6.09 Å². The van der Waals surface area contributed by atoms with Gasteiger partial charge in [-0.3, -0.25) is 14.6 Å². The molecular formula is C19H31N5O4. The molecule has 28 heavy (non-hydrogen) atoms. The summed E-state index contributed by atoms with van der Waals surface area (Å²) in [6.07, 6.45) is 0.919. The van der Waals surface area contributed by atoms with Gasteiger partial charge in [-0.05, 0) is 46.1 Å². The number of rotatable bonds is 2. The summed E-state index contributed by atoms with van der Waals surface area (Å²) in [7, 11) is 1.63. The quantitative estimate of drug-likeness (QED) is 0.559. The number of nitrogens with two attached hydrogens (primary N) is 1. The molecule has 2 unspecified atom stereocenters. The van der Waals surface area contributed by atoms with Crippen LogP contribution in [0.1, 0.15) is 40.5 Å². The Morgan fingerprint density at radius 2 is 1.93 bits per heavy atom. The second-order valence-electron chi connectivity index (χ2n) is 8.46. The van der Waals surface area contributed by atoms with Crippen LogP contribution in [0.3, 0.4) is 0 Å². The molecule has 0 bridgehead atoms. The fraction of sp³-hybridized carbons (Fsp3) is 0.684. The van der Waals surface area contributed by atoms with Crippen molar-refractivity contribution in [1.29, 1.82) is 0 Å². The minimum absolute atomic E-state index is 0.0127. The summed E-state index contributed by atoms with van der Waals surface area (Å²) in [5, 5.41) is 5.41. The van der Waals surface area contributed by atoms with Crippen molar-refractivity contribution >= 4 is 24.6 Å². The molecule has 3 amide bonds. The molecule has 2 rings (SSSR count). The number of likely N-dealkylation sites (N-methyl/N-ethyl adjacent to an activating group) is 1. The molecule has 156 valence electrons. The van der Waals surface area contributed by atoms with Crippen molar-refractivity contribution in [3.63, 3.8) is 0 Å². The zero-order chi connectivity index (χ0) is 21.2. The lowest BCUT2D eigenvalue weighted by atomic mass is 9.97. The highest BCUT2D eigenvalue weighted by Gasteiger charge is 2.37. The molecule has 2 aliphatic heterocycles. The number of amides is 3. The number of hydrogen-bond donors (Lipinski definition) is 1. The summed E-state index contributed by atoms with van der Waals surface area (Å²) < 4.78 is 5.52. The zero-order valence-corrected chi connectivity index (χ0v) is 17.4. The monoisotopic (exact) mass is 393 g/mol. The second-order valence-corrected chi connectivity index (χ2v) is 8.46. The highest BCUT2D eigenvalue weighted by Crippen LogP contribution is 2.29. The average molecular weight is 393 g/mol. The number of hydrogen-bond acceptors (Lipinski definition) is 6. The first-order valence-corrected chi connectivity index (χ1v) is 9.45. The van der Waals surface area contributed by atoms with Crippen LogP contribution in [0.2, 0.25) is 0 Å². The maximum Gasteiger partial charge on any atom is 0.410 e. The fourth-order valence-electron chi connectivity index (χ4n) is 3.44. The number of likely N-dealkylation sites (tertiary alicyclic amines) is 1. The number of nitrogens with zero attached hydrogens (tertiary/aromatic N) is 4. The molecule has 0 aliphatic carbocycles. The molecule has 0 aromatic rings. The van der Waals surface area contributed by atoms with Crippen molar-refractivity contribution in [2.24, 2.45) is 16.8 Å². The molecule has 9 heteroatoms. The normalized spacial score (nSPS) is 26.8. The molecule has 2 fully saturated rings. The molecule has 2 atom stereocenters. The minimum atomic E-state index is -0.608. The van der Waals surface area contributed by atoms with Gasteiger partial charge in [0.1, 0.15) is 11.3 Å². The number of hydrazone groups is 1. The van der Waals surface area contributed by atoms with E-state index in [0.717, 1.165) is 5.57 Å². The van der Waals surface area contributed by atoms with Gasteiger partial charge in [-0.1, -0.05) is 0 Å². The highest BCUT2D eigenvalue weighted by molar-refractivity contribution is 5.94. The van der Waals surface area contributed by atoms with Crippen LogP contribution in [0.4, 0.5) is 4.79 Å². The van der Waals surface area contributed by atoms with E-state index in [4.69, 9.17) is 10.5 Å². The predicted molar refractivity (Wildman–Crippen MR) is 105 cm³/mol. The zero-order valence-electron chi connectivity index (χ0n) is 17.4. The first-order chi connectivity index (χ1) is 12.9. The van der Waals surface area contributed by atoms with Gasteiger partial charge in [0.05, 0.1) is 12.5 Å². The summed E-state index contributed by atoms with van der Waals surface area (Å²) in [5.74, 6) is -1.31. The largest absolute Gasteiger partial charge is 0.444 e. The Morgan fingerprint density at radius 3 is 2.46 bits per heavy atom. The van der Waals surface area contributed by atoms with E-state index in [1.165, 1.54) is 9.91 Å². The summed E-state index contributed by atoms with van der Waals surface area (Å²) in [4.78, 5) is 40.5. The van der Waals surface area contributed by atoms with Crippen LogP contribution in [0.15, 0.2) is 16.4 Å². The molecular weight excluding hydrogens is 362 g/mol. The van der Waals surface area contributed by atoms with Crippen molar-refractivity contribution in [2.45, 2.75) is 52.2 Å². The van der Waals surface area contributed by atoms with Crippen molar-refractivity contribution in [2.75, 3.05) is 26.7 Å². The third-order valence-electron chi connectivity index (χ3n) is 4.99. The Hall–Kier alpha value is -2.58. The van der Waals surface area contributed by atoms with Crippen LogP contribution in [0.5, 0.6) is 0 Å². The van der Waals surface area contributed by atoms with Gasteiger partial charge in [0.25, 0.3) is 5.91 Å². The SMILES string of the molecule is C=NN1CC(C(N)=O)CN(C)C(=O)/C1=C1/CCC(C)N(C(=O)OC(C)(C)C)C1. The molecule has 2 N–H and O–H groups in total. The van der Waals surface area contributed by atoms with Gasteiger partial charge in [0.2, 0.25) is 5.91 Å². The molecule has 0 radical (unpaired) electrons. The number of piperidine rings is 1. The number of carbonyl (C=O) groups is 3. The van der Waals surface area contributed by atoms with Gasteiger partial charge in [0, 0.05) is 32.9 Å². The summed E-state index contributed by atoms with van der Waals surface area (Å²) in [6.45, 7) is 11.6. The molecule has 0 aromatic heterocycles. The van der Waals surface area contributed by atoms with E-state index < -0.39 is 23.5 Å². The van der Waals surface area contributed by atoms with Crippen LogP contribution in [0.25, 0.3) is 0 Å². The fourth-order valence-corrected chi connectivity index (χ4v) is 3.44.